The number of anilines is 1. The number of nitrogens with zero attached hydrogens (tertiary/aromatic N) is 3. The van der Waals surface area contributed by atoms with Crippen LogP contribution < -0.4 is 4.90 Å². The van der Waals surface area contributed by atoms with E-state index in [1.165, 1.54) is 9.80 Å². The van der Waals surface area contributed by atoms with Gasteiger partial charge in [0.2, 0.25) is 0 Å². The normalized spacial score (nSPS) is 16.3. The number of thioether (sulfide) groups is 2. The maximum Gasteiger partial charge on any atom is 0.261 e. The lowest BCUT2D eigenvalue weighted by Gasteiger charge is -2.24. The summed E-state index contributed by atoms with van der Waals surface area (Å²) in [5, 5.41) is 14.2. The van der Waals surface area contributed by atoms with Gasteiger partial charge in [-0.3, -0.25) is 33.8 Å². The summed E-state index contributed by atoms with van der Waals surface area (Å²) in [5.74, 6) is -1.38. The lowest BCUT2D eigenvalue weighted by Crippen LogP contribution is -2.30. The maximum absolute atomic E-state index is 14.5. The van der Waals surface area contributed by atoms with Crippen LogP contribution in [0.2, 0.25) is 0 Å². The van der Waals surface area contributed by atoms with Crippen molar-refractivity contribution in [3.8, 4) is 0 Å². The molecule has 1 N–H and O–H groups in total. The van der Waals surface area contributed by atoms with Crippen LogP contribution in [0.1, 0.15) is 120 Å². The van der Waals surface area contributed by atoms with Crippen LogP contribution in [0.4, 0.5) is 5.69 Å². The molecule has 58 heavy (non-hydrogen) atoms. The minimum absolute atomic E-state index is 0.0864. The Bertz CT molecular complexity index is 2660. The first-order valence-corrected chi connectivity index (χ1v) is 21.6. The van der Waals surface area contributed by atoms with Gasteiger partial charge in [-0.05, 0) is 89.2 Å². The van der Waals surface area contributed by atoms with Crippen LogP contribution >= 0.6 is 23.5 Å². The number of unbranched alkanes of at least 4 members (excludes halogenated alkanes) is 2. The lowest BCUT2D eigenvalue weighted by atomic mass is 9.97. The number of hydrogen-bond donors (Lipinski definition) is 1. The predicted molar refractivity (Wildman–Crippen MR) is 227 cm³/mol. The third-order valence-corrected chi connectivity index (χ3v) is 13.7. The number of aromatic nitrogens is 1. The minimum Gasteiger partial charge on any atom is -0.369 e. The van der Waals surface area contributed by atoms with E-state index in [1.807, 2.05) is 36.4 Å². The topological polar surface area (TPSA) is 125 Å². The fraction of sp³-hybridized carbons (Fsp3) is 0.234. The summed E-state index contributed by atoms with van der Waals surface area (Å²) in [6.45, 7) is 4.21. The van der Waals surface area contributed by atoms with E-state index in [-0.39, 0.29) is 35.0 Å². The van der Waals surface area contributed by atoms with Crippen LogP contribution in [0.5, 0.6) is 0 Å². The van der Waals surface area contributed by atoms with E-state index in [9.17, 15) is 29.1 Å². The Kier molecular flexibility index (Phi) is 9.99. The van der Waals surface area contributed by atoms with E-state index in [0.717, 1.165) is 57.8 Å². The number of ketones is 2. The van der Waals surface area contributed by atoms with Crippen LogP contribution in [0.3, 0.4) is 0 Å². The first kappa shape index (κ1) is 37.9. The molecule has 9 nitrogen and oxygen atoms in total. The molecule has 0 radical (unpaired) electrons. The molecule has 2 aliphatic heterocycles. The Morgan fingerprint density at radius 2 is 1.22 bits per heavy atom. The van der Waals surface area contributed by atoms with E-state index >= 15 is 0 Å². The zero-order chi connectivity index (χ0) is 40.2. The number of aliphatic hydroxyl groups excluding tert-OH is 1. The lowest BCUT2D eigenvalue weighted by molar-refractivity contribution is 0.0641. The van der Waals surface area contributed by atoms with E-state index in [1.54, 1.807) is 84.2 Å². The fourth-order valence-electron chi connectivity index (χ4n) is 8.14. The molecule has 0 spiro atoms. The Hall–Kier alpha value is -5.62. The molecule has 6 aromatic rings. The molecule has 0 fully saturated rings. The second kappa shape index (κ2) is 15.3. The van der Waals surface area contributed by atoms with Crippen LogP contribution in [-0.4, -0.2) is 55.8 Å². The summed E-state index contributed by atoms with van der Waals surface area (Å²) in [7, 11) is 0. The molecule has 0 bridgehead atoms. The number of hydrogen-bond acceptors (Lipinski definition) is 9. The molecule has 1 unspecified atom stereocenters. The van der Waals surface area contributed by atoms with Crippen LogP contribution in [0.15, 0.2) is 107 Å². The van der Waals surface area contributed by atoms with E-state index in [4.69, 9.17) is 4.98 Å². The Morgan fingerprint density at radius 3 is 1.83 bits per heavy atom. The number of aliphatic hydroxyl groups is 1. The van der Waals surface area contributed by atoms with Crippen molar-refractivity contribution >= 4 is 80.2 Å². The molecule has 0 saturated heterocycles. The Balaban J connectivity index is 1.15. The third kappa shape index (κ3) is 6.23. The molecule has 3 aliphatic rings. The van der Waals surface area contributed by atoms with Gasteiger partial charge in [0.05, 0.1) is 34.6 Å². The van der Waals surface area contributed by atoms with Gasteiger partial charge in [-0.25, -0.2) is 4.98 Å². The SMILES string of the molecule is CCCCSc1cc2c(cc1SCCCC)C(O)N(c1ccc(CN3C(=O)c4ccccc4C3=O)c3ccc(C4C(=O)c5cc6ccccc6cc5C4=O)nc13)C2=O. The summed E-state index contributed by atoms with van der Waals surface area (Å²) >= 11 is 3.44. The van der Waals surface area contributed by atoms with Gasteiger partial charge in [0.1, 0.15) is 5.92 Å². The summed E-state index contributed by atoms with van der Waals surface area (Å²) < 4.78 is 0. The van der Waals surface area contributed by atoms with Crippen molar-refractivity contribution < 1.29 is 29.1 Å². The molecule has 5 aromatic carbocycles. The quantitative estimate of drug-likeness (QED) is 0.0557. The zero-order valence-electron chi connectivity index (χ0n) is 32.0. The molecule has 3 heterocycles. The smallest absolute Gasteiger partial charge is 0.261 e. The van der Waals surface area contributed by atoms with Gasteiger partial charge in [0, 0.05) is 37.4 Å². The molecule has 3 amide bonds. The first-order valence-electron chi connectivity index (χ1n) is 19.6. The summed E-state index contributed by atoms with van der Waals surface area (Å²) in [4.78, 5) is 79.1. The second-order valence-corrected chi connectivity index (χ2v) is 17.1. The Morgan fingerprint density at radius 1 is 0.638 bits per heavy atom. The predicted octanol–water partition coefficient (Wildman–Crippen LogP) is 9.78. The highest BCUT2D eigenvalue weighted by atomic mass is 32.2. The van der Waals surface area contributed by atoms with Crippen molar-refractivity contribution in [2.45, 2.75) is 68.0 Å². The van der Waals surface area contributed by atoms with Crippen LogP contribution in [0, 0.1) is 0 Å². The van der Waals surface area contributed by atoms with Gasteiger partial charge in [-0.1, -0.05) is 75.2 Å². The Labute approximate surface area is 343 Å². The average Bonchev–Trinajstić information content (AvgIpc) is 3.74. The van der Waals surface area contributed by atoms with Gasteiger partial charge < -0.3 is 5.11 Å². The molecular formula is C47H39N3O6S2. The number of Topliss-reactive ketones (excluding diaryl/α,β-unsaturated/α-hetero) is 2. The summed E-state index contributed by atoms with van der Waals surface area (Å²) in [6.07, 6.45) is 2.83. The first-order chi connectivity index (χ1) is 28.2. The third-order valence-electron chi connectivity index (χ3n) is 11.2. The van der Waals surface area contributed by atoms with Crippen molar-refractivity contribution in [2.75, 3.05) is 16.4 Å². The number of benzene rings is 5. The number of carbonyl (C=O) groups excluding carboxylic acids is 5. The highest BCUT2D eigenvalue weighted by Crippen LogP contribution is 2.45. The molecule has 9 rings (SSSR count). The second-order valence-electron chi connectivity index (χ2n) is 14.9. The summed E-state index contributed by atoms with van der Waals surface area (Å²) in [6, 6.07) is 28.3. The minimum atomic E-state index is -1.34. The zero-order valence-corrected chi connectivity index (χ0v) is 33.6. The highest BCUT2D eigenvalue weighted by molar-refractivity contribution is 8.02. The molecule has 1 aromatic heterocycles. The highest BCUT2D eigenvalue weighted by Gasteiger charge is 2.43. The fourth-order valence-corrected chi connectivity index (χ4v) is 10.6. The molecule has 1 aliphatic carbocycles. The van der Waals surface area contributed by atoms with E-state index < -0.39 is 29.9 Å². The molecule has 1 atom stereocenters. The molecular weight excluding hydrogens is 767 g/mol. The van der Waals surface area contributed by atoms with E-state index in [0.29, 0.717) is 44.3 Å². The number of amides is 3. The molecule has 290 valence electrons. The average molecular weight is 806 g/mol. The largest absolute Gasteiger partial charge is 0.369 e. The van der Waals surface area contributed by atoms with Crippen LogP contribution in [-0.2, 0) is 6.54 Å². The van der Waals surface area contributed by atoms with E-state index in [2.05, 4.69) is 13.8 Å². The van der Waals surface area contributed by atoms with Crippen molar-refractivity contribution in [3.63, 3.8) is 0 Å². The van der Waals surface area contributed by atoms with Crippen molar-refractivity contribution in [1.29, 1.82) is 0 Å². The summed E-state index contributed by atoms with van der Waals surface area (Å²) in [5.41, 5.74) is 3.48. The number of carbonyl (C=O) groups is 5. The monoisotopic (exact) mass is 805 g/mol. The van der Waals surface area contributed by atoms with Crippen molar-refractivity contribution in [2.24, 2.45) is 0 Å². The van der Waals surface area contributed by atoms with Gasteiger partial charge in [-0.15, -0.1) is 23.5 Å². The molecule has 0 saturated carbocycles. The van der Waals surface area contributed by atoms with Crippen LogP contribution in [0.25, 0.3) is 21.7 Å². The van der Waals surface area contributed by atoms with Gasteiger partial charge in [0.25, 0.3) is 17.7 Å². The molecule has 11 heteroatoms. The van der Waals surface area contributed by atoms with Crippen molar-refractivity contribution in [1.82, 2.24) is 9.88 Å². The number of pyridine rings is 1. The maximum atomic E-state index is 14.5. The number of imide groups is 1. The van der Waals surface area contributed by atoms with Crippen molar-refractivity contribution in [3.05, 3.63) is 142 Å². The van der Waals surface area contributed by atoms with Gasteiger partial charge in [-0.2, -0.15) is 0 Å². The van der Waals surface area contributed by atoms with Gasteiger partial charge >= 0.3 is 0 Å². The number of rotatable bonds is 12. The number of fused-ring (bicyclic) bond motifs is 5. The standard InChI is InChI=1S/C47H39N3O6S2/c1-3-5-19-57-38-23-34-35(24-39(38)58-20-6-4-2)47(56)50(46(34)55)37-18-15-28(25-49-44(53)30-13-9-10-14-31(30)45(49)54)29-16-17-36(48-41(29)37)40-42(51)32-21-26-11-7-8-12-27(26)22-33(32)43(40)52/h7-18,21-24,40,46,55H,3-6,19-20,25H2,1-2H3. The van der Waals surface area contributed by atoms with Gasteiger partial charge in [0.15, 0.2) is 17.8 Å².